The van der Waals surface area contributed by atoms with E-state index in [2.05, 4.69) is 5.32 Å². The zero-order chi connectivity index (χ0) is 22.0. The van der Waals surface area contributed by atoms with Crippen LogP contribution in [0.3, 0.4) is 0 Å². The largest absolute Gasteiger partial charge is 0.465 e. The number of nitrogens with one attached hydrogen (secondary N) is 1. The number of hydrogen-bond acceptors (Lipinski definition) is 5. The Labute approximate surface area is 178 Å². The van der Waals surface area contributed by atoms with E-state index in [1.807, 2.05) is 30.3 Å². The van der Waals surface area contributed by atoms with Gasteiger partial charge in [0.25, 0.3) is 0 Å². The predicted molar refractivity (Wildman–Crippen MR) is 116 cm³/mol. The lowest BCUT2D eigenvalue weighted by Gasteiger charge is -2.18. The molecule has 0 fully saturated rings. The Morgan fingerprint density at radius 1 is 0.933 bits per heavy atom. The van der Waals surface area contributed by atoms with Crippen molar-refractivity contribution < 1.29 is 22.7 Å². The second-order valence-electron chi connectivity index (χ2n) is 6.62. The summed E-state index contributed by atoms with van der Waals surface area (Å²) < 4.78 is 31.5. The number of carbonyl (C=O) groups is 2. The minimum atomic E-state index is -3.54. The fourth-order valence-electron chi connectivity index (χ4n) is 2.86. The number of rotatable bonds is 11. The molecule has 0 aliphatic heterocycles. The molecule has 0 atom stereocenters. The third-order valence-corrected chi connectivity index (χ3v) is 6.60. The highest BCUT2D eigenvalue weighted by Gasteiger charge is 2.21. The number of nitrogens with zero attached hydrogens (tertiary/aromatic N) is 1. The summed E-state index contributed by atoms with van der Waals surface area (Å²) in [7, 11) is -3.54. The van der Waals surface area contributed by atoms with Crippen LogP contribution in [0.5, 0.6) is 0 Å². The normalized spacial score (nSPS) is 11.3. The molecule has 0 radical (unpaired) electrons. The molecule has 30 heavy (non-hydrogen) atoms. The topological polar surface area (TPSA) is 92.8 Å². The van der Waals surface area contributed by atoms with Gasteiger partial charge < -0.3 is 10.1 Å². The number of sulfonamides is 1. The molecular formula is C22H28N2O5S. The van der Waals surface area contributed by atoms with E-state index in [0.717, 1.165) is 5.56 Å². The number of ether oxygens (including phenoxy) is 1. The van der Waals surface area contributed by atoms with Gasteiger partial charge in [0, 0.05) is 31.6 Å². The minimum Gasteiger partial charge on any atom is -0.465 e. The third-order valence-electron chi connectivity index (χ3n) is 4.53. The van der Waals surface area contributed by atoms with E-state index < -0.39 is 16.0 Å². The molecule has 0 aromatic heterocycles. The van der Waals surface area contributed by atoms with Gasteiger partial charge in [0.1, 0.15) is 0 Å². The monoisotopic (exact) mass is 432 g/mol. The van der Waals surface area contributed by atoms with Gasteiger partial charge in [0.05, 0.1) is 17.9 Å². The molecule has 0 bridgehead atoms. The van der Waals surface area contributed by atoms with Gasteiger partial charge in [-0.1, -0.05) is 44.2 Å². The Morgan fingerprint density at radius 2 is 1.57 bits per heavy atom. The first-order chi connectivity index (χ1) is 14.4. The summed E-state index contributed by atoms with van der Waals surface area (Å²) in [5, 5.41) is 2.66. The molecule has 0 aliphatic carbocycles. The molecule has 1 N–H and O–H groups in total. The molecule has 7 nitrogen and oxygen atoms in total. The van der Waals surface area contributed by atoms with E-state index in [1.54, 1.807) is 13.8 Å². The highest BCUT2D eigenvalue weighted by molar-refractivity contribution is 7.89. The van der Waals surface area contributed by atoms with Crippen molar-refractivity contribution in [3.63, 3.8) is 0 Å². The Morgan fingerprint density at radius 3 is 2.17 bits per heavy atom. The van der Waals surface area contributed by atoms with Gasteiger partial charge in [-0.2, -0.15) is 4.31 Å². The van der Waals surface area contributed by atoms with E-state index in [-0.39, 0.29) is 30.3 Å². The number of esters is 1. The first-order valence-electron chi connectivity index (χ1n) is 9.96. The highest BCUT2D eigenvalue weighted by atomic mass is 32.2. The molecule has 0 aliphatic rings. The van der Waals surface area contributed by atoms with E-state index in [1.165, 1.54) is 28.6 Å². The molecule has 8 heteroatoms. The van der Waals surface area contributed by atoms with Crippen LogP contribution < -0.4 is 5.32 Å². The number of anilines is 1. The van der Waals surface area contributed by atoms with Crippen LogP contribution in [0.15, 0.2) is 59.5 Å². The fourth-order valence-corrected chi connectivity index (χ4v) is 4.32. The van der Waals surface area contributed by atoms with Crippen LogP contribution >= 0.6 is 0 Å². The summed E-state index contributed by atoms with van der Waals surface area (Å²) in [5.41, 5.74) is 1.55. The van der Waals surface area contributed by atoms with Crippen molar-refractivity contribution >= 4 is 27.6 Å². The van der Waals surface area contributed by atoms with Crippen molar-refractivity contribution in [2.24, 2.45) is 0 Å². The fraction of sp³-hybridized carbons (Fsp3) is 0.364. The SMILES string of the molecule is CCN(CC)S(=O)(=O)c1ccc(NC(=O)CCC(=O)OCCc2ccccc2)cc1. The molecule has 0 unspecified atom stereocenters. The second-order valence-corrected chi connectivity index (χ2v) is 8.56. The molecule has 2 aromatic carbocycles. The Kier molecular flexibility index (Phi) is 9.01. The molecule has 0 saturated heterocycles. The highest BCUT2D eigenvalue weighted by Crippen LogP contribution is 2.18. The first-order valence-corrected chi connectivity index (χ1v) is 11.4. The third kappa shape index (κ3) is 6.96. The average molecular weight is 433 g/mol. The Hall–Kier alpha value is -2.71. The van der Waals surface area contributed by atoms with Crippen LogP contribution in [0.2, 0.25) is 0 Å². The summed E-state index contributed by atoms with van der Waals surface area (Å²) >= 11 is 0. The van der Waals surface area contributed by atoms with Crippen LogP contribution in [-0.4, -0.2) is 44.3 Å². The molecule has 2 aromatic rings. The second kappa shape index (κ2) is 11.5. The van der Waals surface area contributed by atoms with Gasteiger partial charge in [-0.3, -0.25) is 9.59 Å². The molecule has 0 saturated carbocycles. The molecule has 1 amide bonds. The number of hydrogen-bond donors (Lipinski definition) is 1. The number of amides is 1. The van der Waals surface area contributed by atoms with Gasteiger partial charge in [0.15, 0.2) is 0 Å². The maximum absolute atomic E-state index is 12.5. The molecule has 2 rings (SSSR count). The van der Waals surface area contributed by atoms with Crippen molar-refractivity contribution in [1.29, 1.82) is 0 Å². The molecule has 162 valence electrons. The van der Waals surface area contributed by atoms with Crippen LogP contribution in [0.4, 0.5) is 5.69 Å². The zero-order valence-corrected chi connectivity index (χ0v) is 18.2. The molecule has 0 heterocycles. The van der Waals surface area contributed by atoms with Gasteiger partial charge in [-0.25, -0.2) is 8.42 Å². The van der Waals surface area contributed by atoms with Gasteiger partial charge >= 0.3 is 5.97 Å². The van der Waals surface area contributed by atoms with Gasteiger partial charge in [0.2, 0.25) is 15.9 Å². The van der Waals surface area contributed by atoms with Crippen molar-refractivity contribution in [2.45, 2.75) is 38.0 Å². The maximum Gasteiger partial charge on any atom is 0.306 e. The van der Waals surface area contributed by atoms with Crippen LogP contribution in [0, 0.1) is 0 Å². The van der Waals surface area contributed by atoms with E-state index >= 15 is 0 Å². The molecular weight excluding hydrogens is 404 g/mol. The quantitative estimate of drug-likeness (QED) is 0.551. The molecule has 0 spiro atoms. The average Bonchev–Trinajstić information content (AvgIpc) is 2.74. The lowest BCUT2D eigenvalue weighted by molar-refractivity contribution is -0.144. The number of benzene rings is 2. The van der Waals surface area contributed by atoms with Crippen molar-refractivity contribution in [1.82, 2.24) is 4.31 Å². The van der Waals surface area contributed by atoms with Crippen molar-refractivity contribution in [3.8, 4) is 0 Å². The van der Waals surface area contributed by atoms with Gasteiger partial charge in [-0.15, -0.1) is 0 Å². The lowest BCUT2D eigenvalue weighted by atomic mass is 10.2. The summed E-state index contributed by atoms with van der Waals surface area (Å²) in [6.07, 6.45) is 0.597. The van der Waals surface area contributed by atoms with E-state index in [4.69, 9.17) is 4.74 Å². The van der Waals surface area contributed by atoms with Crippen molar-refractivity contribution in [3.05, 3.63) is 60.2 Å². The summed E-state index contributed by atoms with van der Waals surface area (Å²) in [4.78, 5) is 24.0. The van der Waals surface area contributed by atoms with Gasteiger partial charge in [-0.05, 0) is 29.8 Å². The first kappa shape index (κ1) is 23.6. The van der Waals surface area contributed by atoms with Crippen LogP contribution in [0.25, 0.3) is 0 Å². The summed E-state index contributed by atoms with van der Waals surface area (Å²) in [6.45, 7) is 4.61. The van der Waals surface area contributed by atoms with E-state index in [9.17, 15) is 18.0 Å². The zero-order valence-electron chi connectivity index (χ0n) is 17.3. The predicted octanol–water partition coefficient (Wildman–Crippen LogP) is 3.22. The van der Waals surface area contributed by atoms with Crippen LogP contribution in [-0.2, 0) is 30.8 Å². The maximum atomic E-state index is 12.5. The smallest absolute Gasteiger partial charge is 0.306 e. The number of carbonyl (C=O) groups excluding carboxylic acids is 2. The summed E-state index contributed by atoms with van der Waals surface area (Å²) in [5.74, 6) is -0.767. The van der Waals surface area contributed by atoms with Crippen molar-refractivity contribution in [2.75, 3.05) is 25.0 Å². The Balaban J connectivity index is 1.77. The van der Waals surface area contributed by atoms with Crippen LogP contribution in [0.1, 0.15) is 32.3 Å². The standard InChI is InChI=1S/C22H28N2O5S/c1-3-24(4-2)30(27,28)20-12-10-19(11-13-20)23-21(25)14-15-22(26)29-17-16-18-8-6-5-7-9-18/h5-13H,3-4,14-17H2,1-2H3,(H,23,25). The lowest BCUT2D eigenvalue weighted by Crippen LogP contribution is -2.30. The summed E-state index contributed by atoms with van der Waals surface area (Å²) in [6, 6.07) is 15.7. The van der Waals surface area contributed by atoms with E-state index in [0.29, 0.717) is 25.2 Å². The minimum absolute atomic E-state index is 0.0103. The Bertz CT molecular complexity index is 924.